The van der Waals surface area contributed by atoms with E-state index in [-0.39, 0.29) is 17.9 Å². The van der Waals surface area contributed by atoms with Crippen molar-refractivity contribution in [2.24, 2.45) is 5.16 Å². The third-order valence-electron chi connectivity index (χ3n) is 3.85. The summed E-state index contributed by atoms with van der Waals surface area (Å²) in [6.45, 7) is 3.74. The fourth-order valence-electron chi connectivity index (χ4n) is 2.53. The lowest BCUT2D eigenvalue weighted by molar-refractivity contribution is -0.0429. The van der Waals surface area contributed by atoms with E-state index in [0.717, 1.165) is 20.1 Å². The smallest absolute Gasteiger partial charge is 0.391 e. The Kier molecular flexibility index (Phi) is 8.35. The van der Waals surface area contributed by atoms with Crippen LogP contribution >= 0.6 is 31.9 Å². The summed E-state index contributed by atoms with van der Waals surface area (Å²) >= 11 is 6.76. The van der Waals surface area contributed by atoms with Gasteiger partial charge in [0.25, 0.3) is 0 Å². The fraction of sp³-hybridized carbons (Fsp3) is 0.316. The first-order chi connectivity index (χ1) is 13.9. The van der Waals surface area contributed by atoms with E-state index in [1.165, 1.54) is 12.1 Å². The molecule has 0 bridgehead atoms. The van der Waals surface area contributed by atoms with Gasteiger partial charge in [-0.05, 0) is 49.2 Å². The van der Waals surface area contributed by atoms with Gasteiger partial charge >= 0.3 is 15.5 Å². The van der Waals surface area contributed by atoms with Crippen molar-refractivity contribution in [3.8, 4) is 0 Å². The van der Waals surface area contributed by atoms with Crippen LogP contribution in [-0.2, 0) is 21.5 Å². The van der Waals surface area contributed by atoms with Gasteiger partial charge in [-0.3, -0.25) is 4.72 Å². The van der Waals surface area contributed by atoms with Gasteiger partial charge in [0.15, 0.2) is 0 Å². The zero-order chi connectivity index (χ0) is 22.5. The number of nitrogens with zero attached hydrogens (tertiary/aromatic N) is 1. The van der Waals surface area contributed by atoms with Gasteiger partial charge in [-0.15, -0.1) is 0 Å². The summed E-state index contributed by atoms with van der Waals surface area (Å²) in [6.07, 6.45) is 1.01. The minimum Gasteiger partial charge on any atom is -0.391 e. The highest BCUT2D eigenvalue weighted by atomic mass is 79.9. The number of benzene rings is 2. The van der Waals surface area contributed by atoms with Crippen LogP contribution in [0.1, 0.15) is 36.5 Å². The Labute approximate surface area is 190 Å². The molecule has 164 valence electrons. The molecule has 2 aromatic rings. The Morgan fingerprint density at radius 2 is 1.77 bits per heavy atom. The topological polar surface area (TPSA) is 67.8 Å². The van der Waals surface area contributed by atoms with Gasteiger partial charge in [-0.2, -0.15) is 21.6 Å². The number of anilines is 1. The standard InChI is InChI=1S/C19H19Br2F3N2O3S/c1-3-4-17(25-29-11-13-8-14(20)10-15(21)9-13)16-7-12(2)5-6-18(16)26-30(27,28)19(22,23)24/h5-10,26H,3-4,11H2,1-2H3/b25-17+. The highest BCUT2D eigenvalue weighted by molar-refractivity contribution is 9.11. The van der Waals surface area contributed by atoms with Crippen LogP contribution in [0.25, 0.3) is 0 Å². The van der Waals surface area contributed by atoms with E-state index in [9.17, 15) is 21.6 Å². The molecule has 0 heterocycles. The normalized spacial score (nSPS) is 12.7. The zero-order valence-corrected chi connectivity index (χ0v) is 20.0. The summed E-state index contributed by atoms with van der Waals surface area (Å²) in [6, 6.07) is 9.92. The third-order valence-corrected chi connectivity index (χ3v) is 5.86. The number of alkyl halides is 3. The monoisotopic (exact) mass is 570 g/mol. The average molecular weight is 572 g/mol. The van der Waals surface area contributed by atoms with Gasteiger partial charge in [0.05, 0.1) is 11.4 Å². The lowest BCUT2D eigenvalue weighted by atomic mass is 10.0. The molecule has 0 saturated heterocycles. The molecular formula is C19H19Br2F3N2O3S. The molecule has 2 rings (SSSR count). The number of hydrogen-bond acceptors (Lipinski definition) is 4. The van der Waals surface area contributed by atoms with Crippen molar-refractivity contribution in [2.45, 2.75) is 38.8 Å². The number of nitrogens with one attached hydrogen (secondary N) is 1. The third kappa shape index (κ3) is 6.71. The molecule has 11 heteroatoms. The number of rotatable bonds is 8. The largest absolute Gasteiger partial charge is 0.516 e. The quantitative estimate of drug-likeness (QED) is 0.290. The number of halogens is 5. The Bertz CT molecular complexity index is 1020. The van der Waals surface area contributed by atoms with Crippen LogP contribution in [0.3, 0.4) is 0 Å². The fourth-order valence-corrected chi connectivity index (χ4v) is 4.51. The predicted molar refractivity (Wildman–Crippen MR) is 118 cm³/mol. The molecule has 0 aromatic heterocycles. The van der Waals surface area contributed by atoms with Crippen LogP contribution in [0.15, 0.2) is 50.5 Å². The van der Waals surface area contributed by atoms with Gasteiger partial charge < -0.3 is 4.84 Å². The van der Waals surface area contributed by atoms with E-state index >= 15 is 0 Å². The molecule has 2 aromatic carbocycles. The molecule has 1 N–H and O–H groups in total. The summed E-state index contributed by atoms with van der Waals surface area (Å²) in [5.74, 6) is 0. The van der Waals surface area contributed by atoms with Crippen molar-refractivity contribution < 1.29 is 26.4 Å². The Hall–Kier alpha value is -1.59. The Morgan fingerprint density at radius 3 is 2.33 bits per heavy atom. The maximum absolute atomic E-state index is 12.8. The molecule has 0 aliphatic heterocycles. The van der Waals surface area contributed by atoms with Crippen LogP contribution in [0.5, 0.6) is 0 Å². The van der Waals surface area contributed by atoms with Crippen molar-refractivity contribution in [1.82, 2.24) is 0 Å². The second-order valence-corrected chi connectivity index (χ2v) is 9.94. The lowest BCUT2D eigenvalue weighted by Gasteiger charge is -2.16. The first-order valence-electron chi connectivity index (χ1n) is 8.77. The van der Waals surface area contributed by atoms with E-state index in [0.29, 0.717) is 18.6 Å². The summed E-state index contributed by atoms with van der Waals surface area (Å²) in [5, 5.41) is 4.10. The van der Waals surface area contributed by atoms with Gasteiger partial charge in [0, 0.05) is 14.5 Å². The number of aryl methyl sites for hydroxylation is 1. The maximum atomic E-state index is 12.8. The van der Waals surface area contributed by atoms with E-state index in [2.05, 4.69) is 37.0 Å². The minimum atomic E-state index is -5.56. The summed E-state index contributed by atoms with van der Waals surface area (Å²) in [5.41, 5.74) is -3.51. The highest BCUT2D eigenvalue weighted by Crippen LogP contribution is 2.29. The molecule has 5 nitrogen and oxygen atoms in total. The Morgan fingerprint density at radius 1 is 1.13 bits per heavy atom. The second-order valence-electron chi connectivity index (χ2n) is 6.44. The molecule has 0 radical (unpaired) electrons. The Balaban J connectivity index is 2.36. The summed E-state index contributed by atoms with van der Waals surface area (Å²) < 4.78 is 64.9. The first-order valence-corrected chi connectivity index (χ1v) is 11.8. The summed E-state index contributed by atoms with van der Waals surface area (Å²) in [7, 11) is -5.56. The molecule has 30 heavy (non-hydrogen) atoms. The van der Waals surface area contributed by atoms with Gasteiger partial charge in [0.1, 0.15) is 6.61 Å². The second kappa shape index (κ2) is 10.1. The molecule has 0 aliphatic carbocycles. The van der Waals surface area contributed by atoms with Crippen molar-refractivity contribution >= 4 is 53.3 Å². The SMILES string of the molecule is CCC/C(=N\OCc1cc(Br)cc(Br)c1)c1cc(C)ccc1NS(=O)(=O)C(F)(F)F. The predicted octanol–water partition coefficient (Wildman–Crippen LogP) is 6.50. The average Bonchev–Trinajstić information content (AvgIpc) is 2.60. The van der Waals surface area contributed by atoms with E-state index in [1.54, 1.807) is 17.7 Å². The van der Waals surface area contributed by atoms with Crippen LogP contribution in [0.4, 0.5) is 18.9 Å². The number of sulfonamides is 1. The molecule has 0 fully saturated rings. The number of hydrogen-bond donors (Lipinski definition) is 1. The molecule has 0 unspecified atom stereocenters. The van der Waals surface area contributed by atoms with Crippen LogP contribution in [-0.4, -0.2) is 19.6 Å². The highest BCUT2D eigenvalue weighted by Gasteiger charge is 2.46. The minimum absolute atomic E-state index is 0.126. The molecule has 0 atom stereocenters. The molecule has 0 saturated carbocycles. The molecule has 0 aliphatic rings. The van der Waals surface area contributed by atoms with E-state index in [4.69, 9.17) is 4.84 Å². The van der Waals surface area contributed by atoms with Gasteiger partial charge in [-0.25, -0.2) is 0 Å². The van der Waals surface area contributed by atoms with Crippen molar-refractivity contribution in [3.63, 3.8) is 0 Å². The van der Waals surface area contributed by atoms with Crippen molar-refractivity contribution in [2.75, 3.05) is 4.72 Å². The van der Waals surface area contributed by atoms with Gasteiger partial charge in [0.2, 0.25) is 0 Å². The van der Waals surface area contributed by atoms with Crippen LogP contribution in [0.2, 0.25) is 0 Å². The van der Waals surface area contributed by atoms with Crippen molar-refractivity contribution in [3.05, 3.63) is 62.0 Å². The number of oxime groups is 1. The van der Waals surface area contributed by atoms with Crippen LogP contribution in [0, 0.1) is 6.92 Å². The maximum Gasteiger partial charge on any atom is 0.516 e. The van der Waals surface area contributed by atoms with E-state index < -0.39 is 15.5 Å². The molecule has 0 spiro atoms. The van der Waals surface area contributed by atoms with Gasteiger partial charge in [-0.1, -0.05) is 62.0 Å². The molecule has 0 amide bonds. The first kappa shape index (κ1) is 24.7. The lowest BCUT2D eigenvalue weighted by Crippen LogP contribution is -2.30. The summed E-state index contributed by atoms with van der Waals surface area (Å²) in [4.78, 5) is 5.44. The zero-order valence-electron chi connectivity index (χ0n) is 16.1. The molecular weight excluding hydrogens is 553 g/mol. The van der Waals surface area contributed by atoms with Crippen molar-refractivity contribution in [1.29, 1.82) is 0 Å². The van der Waals surface area contributed by atoms with Crippen LogP contribution < -0.4 is 4.72 Å². The van der Waals surface area contributed by atoms with E-state index in [1.807, 2.05) is 25.1 Å².